The number of halogens is 3. The van der Waals surface area contributed by atoms with Crippen LogP contribution < -0.4 is 5.73 Å². The molecule has 0 radical (unpaired) electrons. The lowest BCUT2D eigenvalue weighted by molar-refractivity contribution is -0.136. The van der Waals surface area contributed by atoms with Crippen molar-refractivity contribution in [2.75, 3.05) is 12.3 Å². The van der Waals surface area contributed by atoms with Crippen LogP contribution in [0.2, 0.25) is 0 Å². The third-order valence-electron chi connectivity index (χ3n) is 4.25. The Kier molecular flexibility index (Phi) is 4.20. The standard InChI is InChI=1S/C19H14F3N3O/c1-11(8-23)9-25-10-15-13(3-2-4-14(15)18(25)26)12-5-6-17(24)16(7-12)19(20,21)22/h2-7H,1,9-10,24H2. The van der Waals surface area contributed by atoms with Crippen LogP contribution in [0.4, 0.5) is 18.9 Å². The van der Waals surface area contributed by atoms with Crippen LogP contribution in [0.3, 0.4) is 0 Å². The van der Waals surface area contributed by atoms with Crippen molar-refractivity contribution < 1.29 is 18.0 Å². The Balaban J connectivity index is 2.06. The van der Waals surface area contributed by atoms with Gasteiger partial charge in [0, 0.05) is 23.4 Å². The van der Waals surface area contributed by atoms with Crippen LogP contribution >= 0.6 is 0 Å². The van der Waals surface area contributed by atoms with Crippen molar-refractivity contribution in [3.63, 3.8) is 0 Å². The van der Waals surface area contributed by atoms with E-state index in [1.54, 1.807) is 18.2 Å². The van der Waals surface area contributed by atoms with Crippen molar-refractivity contribution in [2.45, 2.75) is 12.7 Å². The number of alkyl halides is 3. The number of nitrogens with two attached hydrogens (primary N) is 1. The Morgan fingerprint density at radius 3 is 2.62 bits per heavy atom. The SMILES string of the molecule is C=C(C#N)CN1Cc2c(cccc2-c2ccc(N)c(C(F)(F)F)c2)C1=O. The molecule has 0 atom stereocenters. The first-order valence-corrected chi connectivity index (χ1v) is 7.68. The number of hydrogen-bond donors (Lipinski definition) is 1. The molecule has 2 N–H and O–H groups in total. The summed E-state index contributed by atoms with van der Waals surface area (Å²) in [6, 6.07) is 10.5. The lowest BCUT2D eigenvalue weighted by atomic mass is 9.95. The van der Waals surface area contributed by atoms with Gasteiger partial charge in [-0.1, -0.05) is 24.8 Å². The summed E-state index contributed by atoms with van der Waals surface area (Å²) in [6.07, 6.45) is -4.57. The van der Waals surface area contributed by atoms with Gasteiger partial charge in [0.15, 0.2) is 0 Å². The fourth-order valence-electron chi connectivity index (χ4n) is 3.02. The lowest BCUT2D eigenvalue weighted by Gasteiger charge is -2.15. The monoisotopic (exact) mass is 357 g/mol. The van der Waals surface area contributed by atoms with Crippen LogP contribution in [0, 0.1) is 11.3 Å². The van der Waals surface area contributed by atoms with Crippen molar-refractivity contribution in [2.24, 2.45) is 0 Å². The van der Waals surface area contributed by atoms with Crippen molar-refractivity contribution in [1.82, 2.24) is 4.90 Å². The fourth-order valence-corrected chi connectivity index (χ4v) is 3.02. The molecule has 1 aliphatic heterocycles. The van der Waals surface area contributed by atoms with Gasteiger partial charge >= 0.3 is 6.18 Å². The molecular formula is C19H14F3N3O. The number of nitrogens with zero attached hydrogens (tertiary/aromatic N) is 2. The molecule has 1 aliphatic rings. The van der Waals surface area contributed by atoms with Gasteiger partial charge in [-0.25, -0.2) is 0 Å². The van der Waals surface area contributed by atoms with Crippen LogP contribution in [-0.4, -0.2) is 17.4 Å². The average Bonchev–Trinajstić information content (AvgIpc) is 2.90. The maximum absolute atomic E-state index is 13.1. The zero-order valence-corrected chi connectivity index (χ0v) is 13.6. The molecule has 0 fully saturated rings. The van der Waals surface area contributed by atoms with E-state index in [2.05, 4.69) is 6.58 Å². The number of anilines is 1. The molecule has 0 aliphatic carbocycles. The second-order valence-corrected chi connectivity index (χ2v) is 6.01. The molecule has 0 bridgehead atoms. The molecule has 2 aromatic carbocycles. The summed E-state index contributed by atoms with van der Waals surface area (Å²) in [7, 11) is 0. The Morgan fingerprint density at radius 2 is 1.96 bits per heavy atom. The Labute approximate surface area is 147 Å². The molecule has 4 nitrogen and oxygen atoms in total. The van der Waals surface area contributed by atoms with Gasteiger partial charge < -0.3 is 10.6 Å². The molecule has 0 saturated carbocycles. The minimum absolute atomic E-state index is 0.0823. The minimum atomic E-state index is -4.57. The van der Waals surface area contributed by atoms with E-state index < -0.39 is 11.7 Å². The van der Waals surface area contributed by atoms with Crippen molar-refractivity contribution in [3.05, 3.63) is 65.2 Å². The summed E-state index contributed by atoms with van der Waals surface area (Å²) < 4.78 is 39.4. The molecule has 0 spiro atoms. The summed E-state index contributed by atoms with van der Waals surface area (Å²) in [5, 5.41) is 8.86. The van der Waals surface area contributed by atoms with E-state index >= 15 is 0 Å². The number of nitrogen functional groups attached to an aromatic ring is 1. The quantitative estimate of drug-likeness (QED) is 0.667. The van der Waals surface area contributed by atoms with E-state index in [0.717, 1.165) is 6.07 Å². The maximum Gasteiger partial charge on any atom is 0.418 e. The molecule has 1 heterocycles. The fraction of sp³-hybridized carbons (Fsp3) is 0.158. The second-order valence-electron chi connectivity index (χ2n) is 6.01. The van der Waals surface area contributed by atoms with Crippen molar-refractivity contribution >= 4 is 11.6 Å². The molecular weight excluding hydrogens is 343 g/mol. The van der Waals surface area contributed by atoms with Gasteiger partial charge in [-0.15, -0.1) is 0 Å². The number of rotatable bonds is 3. The molecule has 132 valence electrons. The highest BCUT2D eigenvalue weighted by molar-refractivity contribution is 6.00. The van der Waals surface area contributed by atoms with Gasteiger partial charge in [-0.3, -0.25) is 4.79 Å². The number of nitriles is 1. The van der Waals surface area contributed by atoms with Gasteiger partial charge in [-0.05, 0) is 34.9 Å². The number of carbonyl (C=O) groups excluding carboxylic acids is 1. The Morgan fingerprint density at radius 1 is 1.27 bits per heavy atom. The highest BCUT2D eigenvalue weighted by Crippen LogP contribution is 2.38. The molecule has 0 aromatic heterocycles. The van der Waals surface area contributed by atoms with Crippen LogP contribution in [0.1, 0.15) is 21.5 Å². The molecule has 0 unspecified atom stereocenters. The summed E-state index contributed by atoms with van der Waals surface area (Å²) in [4.78, 5) is 13.9. The van der Waals surface area contributed by atoms with Crippen LogP contribution in [-0.2, 0) is 12.7 Å². The predicted molar refractivity (Wildman–Crippen MR) is 90.8 cm³/mol. The lowest BCUT2D eigenvalue weighted by Crippen LogP contribution is -2.25. The van der Waals surface area contributed by atoms with Gasteiger partial charge in [0.05, 0.1) is 18.2 Å². The van der Waals surface area contributed by atoms with Crippen LogP contribution in [0.5, 0.6) is 0 Å². The average molecular weight is 357 g/mol. The summed E-state index contributed by atoms with van der Waals surface area (Å²) >= 11 is 0. The van der Waals surface area contributed by atoms with E-state index in [1.807, 2.05) is 6.07 Å². The van der Waals surface area contributed by atoms with E-state index in [0.29, 0.717) is 22.3 Å². The van der Waals surface area contributed by atoms with E-state index in [-0.39, 0.29) is 30.3 Å². The van der Waals surface area contributed by atoms with Gasteiger partial charge in [0.1, 0.15) is 0 Å². The number of carbonyl (C=O) groups is 1. The van der Waals surface area contributed by atoms with Crippen molar-refractivity contribution in [3.8, 4) is 17.2 Å². The van der Waals surface area contributed by atoms with E-state index in [1.165, 1.54) is 17.0 Å². The maximum atomic E-state index is 13.1. The molecule has 26 heavy (non-hydrogen) atoms. The third kappa shape index (κ3) is 3.02. The second kappa shape index (κ2) is 6.23. The first kappa shape index (κ1) is 17.5. The number of hydrogen-bond acceptors (Lipinski definition) is 3. The van der Waals surface area contributed by atoms with Gasteiger partial charge in [0.25, 0.3) is 5.91 Å². The zero-order valence-electron chi connectivity index (χ0n) is 13.6. The minimum Gasteiger partial charge on any atom is -0.398 e. The zero-order chi connectivity index (χ0) is 19.1. The first-order chi connectivity index (χ1) is 12.2. The van der Waals surface area contributed by atoms with Gasteiger partial charge in [0.2, 0.25) is 0 Å². The van der Waals surface area contributed by atoms with E-state index in [4.69, 9.17) is 11.0 Å². The predicted octanol–water partition coefficient (Wildman–Crippen LogP) is 3.99. The molecule has 0 saturated heterocycles. The summed E-state index contributed by atoms with van der Waals surface area (Å²) in [5.74, 6) is -0.273. The molecule has 3 rings (SSSR count). The highest BCUT2D eigenvalue weighted by atomic mass is 19.4. The van der Waals surface area contributed by atoms with Crippen LogP contribution in [0.15, 0.2) is 48.6 Å². The highest BCUT2D eigenvalue weighted by Gasteiger charge is 2.34. The Bertz CT molecular complexity index is 957. The number of benzene rings is 2. The number of fused-ring (bicyclic) bond motifs is 1. The first-order valence-electron chi connectivity index (χ1n) is 7.68. The summed E-state index contributed by atoms with van der Waals surface area (Å²) in [6.45, 7) is 3.86. The van der Waals surface area contributed by atoms with Crippen LogP contribution in [0.25, 0.3) is 11.1 Å². The third-order valence-corrected chi connectivity index (χ3v) is 4.25. The smallest absolute Gasteiger partial charge is 0.398 e. The Hall–Kier alpha value is -3.27. The summed E-state index contributed by atoms with van der Waals surface area (Å²) in [5.41, 5.74) is 6.34. The largest absolute Gasteiger partial charge is 0.418 e. The molecule has 2 aromatic rings. The molecule has 1 amide bonds. The number of amides is 1. The van der Waals surface area contributed by atoms with Gasteiger partial charge in [-0.2, -0.15) is 18.4 Å². The van der Waals surface area contributed by atoms with E-state index in [9.17, 15) is 18.0 Å². The van der Waals surface area contributed by atoms with Crippen molar-refractivity contribution in [1.29, 1.82) is 5.26 Å². The normalized spacial score (nSPS) is 13.5. The topological polar surface area (TPSA) is 70.1 Å². The molecule has 7 heteroatoms.